The molecule has 1 aliphatic carbocycles. The van der Waals surface area contributed by atoms with Gasteiger partial charge in [0.25, 0.3) is 0 Å². The average molecular weight is 387 g/mol. The van der Waals surface area contributed by atoms with Gasteiger partial charge in [-0.1, -0.05) is 0 Å². The van der Waals surface area contributed by atoms with Crippen molar-refractivity contribution in [2.24, 2.45) is 11.8 Å². The van der Waals surface area contributed by atoms with E-state index in [0.29, 0.717) is 12.8 Å². The Bertz CT molecular complexity index is 828. The van der Waals surface area contributed by atoms with Crippen LogP contribution >= 0.6 is 0 Å². The standard InChI is InChI=1S/C22H26FNO4/c1-3-27-21(25)20(22(26)28-4-2)15-7-5-14(6-8-15)17-11-12-24-19-10-9-16(23)13-18(17)19/h9-15,20H,3-8H2,1-2H3/t14-,15+. The third-order valence-electron chi connectivity index (χ3n) is 5.50. The molecule has 1 aromatic carbocycles. The van der Waals surface area contributed by atoms with Crippen LogP contribution in [0.5, 0.6) is 0 Å². The number of aromatic nitrogens is 1. The number of benzene rings is 1. The number of hydrogen-bond acceptors (Lipinski definition) is 5. The van der Waals surface area contributed by atoms with Crippen LogP contribution in [-0.4, -0.2) is 30.1 Å². The van der Waals surface area contributed by atoms with E-state index in [-0.39, 0.29) is 30.9 Å². The molecule has 2 aromatic rings. The molecule has 0 amide bonds. The fourth-order valence-electron chi connectivity index (χ4n) is 4.20. The highest BCUT2D eigenvalue weighted by Gasteiger charge is 2.39. The highest BCUT2D eigenvalue weighted by molar-refractivity contribution is 5.95. The van der Waals surface area contributed by atoms with Crippen molar-refractivity contribution < 1.29 is 23.5 Å². The molecule has 0 saturated heterocycles. The number of esters is 2. The van der Waals surface area contributed by atoms with Gasteiger partial charge >= 0.3 is 11.9 Å². The average Bonchev–Trinajstić information content (AvgIpc) is 2.69. The summed E-state index contributed by atoms with van der Waals surface area (Å²) in [7, 11) is 0. The number of halogens is 1. The van der Waals surface area contributed by atoms with Crippen LogP contribution in [0, 0.1) is 17.7 Å². The van der Waals surface area contributed by atoms with Crippen LogP contribution in [0.2, 0.25) is 0 Å². The Hall–Kier alpha value is -2.50. The van der Waals surface area contributed by atoms with Gasteiger partial charge in [0, 0.05) is 11.6 Å². The molecule has 1 heterocycles. The maximum Gasteiger partial charge on any atom is 0.320 e. The summed E-state index contributed by atoms with van der Waals surface area (Å²) in [6.45, 7) is 3.92. The van der Waals surface area contributed by atoms with Crippen molar-refractivity contribution in [3.05, 3.63) is 41.8 Å². The number of rotatable bonds is 6. The van der Waals surface area contributed by atoms with E-state index < -0.39 is 17.9 Å². The van der Waals surface area contributed by atoms with Crippen LogP contribution < -0.4 is 0 Å². The lowest BCUT2D eigenvalue weighted by molar-refractivity contribution is -0.165. The summed E-state index contributed by atoms with van der Waals surface area (Å²) in [5, 5.41) is 0.832. The smallest absolute Gasteiger partial charge is 0.320 e. The molecule has 1 aromatic heterocycles. The Kier molecular flexibility index (Phi) is 6.60. The minimum absolute atomic E-state index is 0.0980. The molecule has 150 valence electrons. The zero-order valence-corrected chi connectivity index (χ0v) is 16.3. The maximum absolute atomic E-state index is 13.7. The van der Waals surface area contributed by atoms with E-state index in [1.807, 2.05) is 6.07 Å². The summed E-state index contributed by atoms with van der Waals surface area (Å²) in [6, 6.07) is 6.58. The Morgan fingerprint density at radius 2 is 1.71 bits per heavy atom. The molecule has 28 heavy (non-hydrogen) atoms. The first-order valence-electron chi connectivity index (χ1n) is 9.92. The van der Waals surface area contributed by atoms with Gasteiger partial charge in [-0.2, -0.15) is 0 Å². The number of carbonyl (C=O) groups excluding carboxylic acids is 2. The number of hydrogen-bond donors (Lipinski definition) is 0. The van der Waals surface area contributed by atoms with Crippen molar-refractivity contribution in [2.75, 3.05) is 13.2 Å². The monoisotopic (exact) mass is 387 g/mol. The SMILES string of the molecule is CCOC(=O)C(C(=O)OCC)[C@H]1CC[C@@H](c2ccnc3ccc(F)cc32)CC1. The molecular weight excluding hydrogens is 361 g/mol. The molecule has 0 unspecified atom stereocenters. The molecule has 0 atom stereocenters. The van der Waals surface area contributed by atoms with Crippen molar-refractivity contribution in [2.45, 2.75) is 45.4 Å². The van der Waals surface area contributed by atoms with E-state index in [4.69, 9.17) is 9.47 Å². The molecule has 0 spiro atoms. The van der Waals surface area contributed by atoms with Crippen LogP contribution in [0.4, 0.5) is 4.39 Å². The van der Waals surface area contributed by atoms with Gasteiger partial charge in [0.1, 0.15) is 5.82 Å². The minimum Gasteiger partial charge on any atom is -0.465 e. The van der Waals surface area contributed by atoms with E-state index in [2.05, 4.69) is 4.98 Å². The largest absolute Gasteiger partial charge is 0.465 e. The summed E-state index contributed by atoms with van der Waals surface area (Å²) in [5.41, 5.74) is 1.85. The Morgan fingerprint density at radius 3 is 2.32 bits per heavy atom. The maximum atomic E-state index is 13.7. The molecular formula is C22H26FNO4. The van der Waals surface area contributed by atoms with Gasteiger partial charge in [-0.3, -0.25) is 14.6 Å². The molecule has 0 bridgehead atoms. The first-order chi connectivity index (χ1) is 13.5. The van der Waals surface area contributed by atoms with Gasteiger partial charge in [0.15, 0.2) is 5.92 Å². The fraction of sp³-hybridized carbons (Fsp3) is 0.500. The summed E-state index contributed by atoms with van der Waals surface area (Å²) in [5.74, 6) is -2.00. The molecule has 0 N–H and O–H groups in total. The summed E-state index contributed by atoms with van der Waals surface area (Å²) in [4.78, 5) is 29.0. The Morgan fingerprint density at radius 1 is 1.07 bits per heavy atom. The number of ether oxygens (including phenoxy) is 2. The highest BCUT2D eigenvalue weighted by Crippen LogP contribution is 2.41. The zero-order valence-electron chi connectivity index (χ0n) is 16.3. The van der Waals surface area contributed by atoms with Crippen LogP contribution in [0.25, 0.3) is 10.9 Å². The molecule has 1 fully saturated rings. The number of fused-ring (bicyclic) bond motifs is 1. The lowest BCUT2D eigenvalue weighted by atomic mass is 9.73. The molecule has 0 radical (unpaired) electrons. The van der Waals surface area contributed by atoms with E-state index >= 15 is 0 Å². The highest BCUT2D eigenvalue weighted by atomic mass is 19.1. The van der Waals surface area contributed by atoms with Gasteiger partial charge in [-0.15, -0.1) is 0 Å². The van der Waals surface area contributed by atoms with Crippen molar-refractivity contribution in [1.29, 1.82) is 0 Å². The molecule has 5 nitrogen and oxygen atoms in total. The quantitative estimate of drug-likeness (QED) is 0.543. The van der Waals surface area contributed by atoms with Crippen molar-refractivity contribution in [3.63, 3.8) is 0 Å². The molecule has 1 saturated carbocycles. The zero-order chi connectivity index (χ0) is 20.1. The molecule has 3 rings (SSSR count). The van der Waals surface area contributed by atoms with Gasteiger partial charge in [-0.25, -0.2) is 4.39 Å². The van der Waals surface area contributed by atoms with Crippen molar-refractivity contribution in [3.8, 4) is 0 Å². The second-order valence-corrected chi connectivity index (χ2v) is 7.16. The molecule has 0 aliphatic heterocycles. The van der Waals surface area contributed by atoms with Crippen LogP contribution in [-0.2, 0) is 19.1 Å². The predicted octanol–water partition coefficient (Wildman–Crippen LogP) is 4.39. The van der Waals surface area contributed by atoms with Crippen LogP contribution in [0.3, 0.4) is 0 Å². The van der Waals surface area contributed by atoms with Gasteiger partial charge in [0.05, 0.1) is 18.7 Å². The first kappa shape index (κ1) is 20.2. The number of nitrogens with zero attached hydrogens (tertiary/aromatic N) is 1. The van der Waals surface area contributed by atoms with Gasteiger partial charge in [0.2, 0.25) is 0 Å². The van der Waals surface area contributed by atoms with E-state index in [1.165, 1.54) is 12.1 Å². The second kappa shape index (κ2) is 9.13. The predicted molar refractivity (Wildman–Crippen MR) is 103 cm³/mol. The van der Waals surface area contributed by atoms with Crippen molar-refractivity contribution in [1.82, 2.24) is 4.98 Å². The first-order valence-corrected chi connectivity index (χ1v) is 9.92. The summed E-state index contributed by atoms with van der Waals surface area (Å²) >= 11 is 0. The Balaban J connectivity index is 1.77. The third kappa shape index (κ3) is 4.32. The van der Waals surface area contributed by atoms with Gasteiger partial charge < -0.3 is 9.47 Å². The Labute approximate surface area is 164 Å². The summed E-state index contributed by atoms with van der Waals surface area (Å²) in [6.07, 6.45) is 4.81. The second-order valence-electron chi connectivity index (χ2n) is 7.16. The molecule has 1 aliphatic rings. The normalized spacial score (nSPS) is 19.6. The van der Waals surface area contributed by atoms with E-state index in [9.17, 15) is 14.0 Å². The molecule has 6 heteroatoms. The number of pyridine rings is 1. The van der Waals surface area contributed by atoms with Gasteiger partial charge in [-0.05, 0) is 81.2 Å². The minimum atomic E-state index is -0.868. The lowest BCUT2D eigenvalue weighted by Crippen LogP contribution is -2.36. The fourth-order valence-corrected chi connectivity index (χ4v) is 4.20. The van der Waals surface area contributed by atoms with Crippen molar-refractivity contribution >= 4 is 22.8 Å². The lowest BCUT2D eigenvalue weighted by Gasteiger charge is -2.32. The van der Waals surface area contributed by atoms with Crippen LogP contribution in [0.15, 0.2) is 30.5 Å². The van der Waals surface area contributed by atoms with E-state index in [0.717, 1.165) is 29.3 Å². The summed E-state index contributed by atoms with van der Waals surface area (Å²) < 4.78 is 24.0. The number of carbonyl (C=O) groups is 2. The third-order valence-corrected chi connectivity index (χ3v) is 5.50. The van der Waals surface area contributed by atoms with E-state index in [1.54, 1.807) is 26.1 Å². The topological polar surface area (TPSA) is 65.5 Å². The van der Waals surface area contributed by atoms with Crippen LogP contribution in [0.1, 0.15) is 51.0 Å².